The highest BCUT2D eigenvalue weighted by Gasteiger charge is 2.30. The summed E-state index contributed by atoms with van der Waals surface area (Å²) < 4.78 is 38.2. The largest absolute Gasteiger partial charge is 0.478 e. The van der Waals surface area contributed by atoms with E-state index in [-0.39, 0.29) is 0 Å². The van der Waals surface area contributed by atoms with Gasteiger partial charge in [-0.15, -0.1) is 0 Å². The molecule has 0 amide bonds. The van der Waals surface area contributed by atoms with Gasteiger partial charge in [0.15, 0.2) is 0 Å². The molecule has 0 saturated carbocycles. The Bertz CT molecular complexity index is 736. The van der Waals surface area contributed by atoms with Crippen molar-refractivity contribution < 1.29 is 23.1 Å². The third kappa shape index (κ3) is 3.89. The van der Waals surface area contributed by atoms with Gasteiger partial charge in [-0.2, -0.15) is 13.2 Å². The fourth-order valence-corrected chi connectivity index (χ4v) is 2.07. The van der Waals surface area contributed by atoms with Gasteiger partial charge in [0.1, 0.15) is 0 Å². The SMILES string of the molecule is O=C(O)/C=C/c1cc(-c2cccc(C(F)(F)F)c2)ccc1Cl. The average Bonchev–Trinajstić information content (AvgIpc) is 2.45. The Hall–Kier alpha value is -2.27. The van der Waals surface area contributed by atoms with Crippen molar-refractivity contribution in [2.75, 3.05) is 0 Å². The first-order valence-corrected chi connectivity index (χ1v) is 6.53. The normalized spacial score (nSPS) is 11.8. The Morgan fingerprint density at radius 2 is 1.77 bits per heavy atom. The number of aliphatic carboxylic acids is 1. The van der Waals surface area contributed by atoms with Crippen molar-refractivity contribution >= 4 is 23.6 Å². The van der Waals surface area contributed by atoms with Crippen molar-refractivity contribution in [2.24, 2.45) is 0 Å². The summed E-state index contributed by atoms with van der Waals surface area (Å²) in [6.07, 6.45) is -2.21. The van der Waals surface area contributed by atoms with E-state index in [0.29, 0.717) is 21.7 Å². The Morgan fingerprint density at radius 3 is 2.41 bits per heavy atom. The summed E-state index contributed by atoms with van der Waals surface area (Å²) >= 11 is 5.95. The molecule has 0 saturated heterocycles. The Balaban J connectivity index is 2.45. The minimum Gasteiger partial charge on any atom is -0.478 e. The van der Waals surface area contributed by atoms with Crippen LogP contribution in [0.2, 0.25) is 5.02 Å². The van der Waals surface area contributed by atoms with Crippen LogP contribution < -0.4 is 0 Å². The van der Waals surface area contributed by atoms with Crippen LogP contribution in [0, 0.1) is 0 Å². The van der Waals surface area contributed by atoms with Crippen molar-refractivity contribution in [2.45, 2.75) is 6.18 Å². The number of carbonyl (C=O) groups is 1. The number of halogens is 4. The molecule has 114 valence electrons. The molecular formula is C16H10ClF3O2. The van der Waals surface area contributed by atoms with Gasteiger partial charge in [0.05, 0.1) is 5.56 Å². The number of carboxylic acids is 1. The van der Waals surface area contributed by atoms with Crippen LogP contribution in [0.4, 0.5) is 13.2 Å². The molecule has 0 atom stereocenters. The molecule has 0 fully saturated rings. The van der Waals surface area contributed by atoms with Gasteiger partial charge in [-0.1, -0.05) is 29.8 Å². The van der Waals surface area contributed by atoms with E-state index in [1.807, 2.05) is 0 Å². The van der Waals surface area contributed by atoms with E-state index in [1.54, 1.807) is 12.1 Å². The first-order valence-electron chi connectivity index (χ1n) is 6.15. The molecule has 0 radical (unpaired) electrons. The van der Waals surface area contributed by atoms with Gasteiger partial charge in [-0.25, -0.2) is 4.79 Å². The maximum Gasteiger partial charge on any atom is 0.416 e. The minimum atomic E-state index is -4.42. The van der Waals surface area contributed by atoms with E-state index < -0.39 is 17.7 Å². The van der Waals surface area contributed by atoms with Gasteiger partial charge < -0.3 is 5.11 Å². The molecule has 0 unspecified atom stereocenters. The maximum atomic E-state index is 12.7. The zero-order valence-corrected chi connectivity index (χ0v) is 11.8. The average molecular weight is 327 g/mol. The van der Waals surface area contributed by atoms with Crippen molar-refractivity contribution in [3.8, 4) is 11.1 Å². The fourth-order valence-electron chi connectivity index (χ4n) is 1.89. The van der Waals surface area contributed by atoms with Crippen LogP contribution in [0.5, 0.6) is 0 Å². The Kier molecular flexibility index (Phi) is 4.56. The van der Waals surface area contributed by atoms with Crippen LogP contribution in [0.25, 0.3) is 17.2 Å². The second kappa shape index (κ2) is 6.23. The molecule has 0 aliphatic heterocycles. The Labute approximate surface area is 129 Å². The predicted molar refractivity (Wildman–Crippen MR) is 78.6 cm³/mol. The molecule has 2 nitrogen and oxygen atoms in total. The standard InChI is InChI=1S/C16H10ClF3O2/c17-14-6-4-11(8-12(14)5-7-15(21)22)10-2-1-3-13(9-10)16(18,19)20/h1-9H,(H,21,22)/b7-5+. The smallest absolute Gasteiger partial charge is 0.416 e. The summed E-state index contributed by atoms with van der Waals surface area (Å²) in [5.41, 5.74) is 0.554. The topological polar surface area (TPSA) is 37.3 Å². The van der Waals surface area contributed by atoms with Crippen LogP contribution >= 0.6 is 11.6 Å². The third-order valence-electron chi connectivity index (χ3n) is 2.92. The zero-order valence-electron chi connectivity index (χ0n) is 11.1. The van der Waals surface area contributed by atoms with Crippen molar-refractivity contribution in [3.63, 3.8) is 0 Å². The summed E-state index contributed by atoms with van der Waals surface area (Å²) in [5, 5.41) is 8.94. The first-order chi connectivity index (χ1) is 10.3. The zero-order chi connectivity index (χ0) is 16.3. The lowest BCUT2D eigenvalue weighted by molar-refractivity contribution is -0.137. The second-order valence-corrected chi connectivity index (χ2v) is 4.89. The van der Waals surface area contributed by atoms with Crippen LogP contribution in [0.1, 0.15) is 11.1 Å². The first kappa shape index (κ1) is 16.1. The lowest BCUT2D eigenvalue weighted by Crippen LogP contribution is -2.04. The van der Waals surface area contributed by atoms with Crippen molar-refractivity contribution in [1.29, 1.82) is 0 Å². The highest BCUT2D eigenvalue weighted by molar-refractivity contribution is 6.32. The van der Waals surface area contributed by atoms with Crippen LogP contribution in [0.3, 0.4) is 0 Å². The summed E-state index contributed by atoms with van der Waals surface area (Å²) in [6.45, 7) is 0. The van der Waals surface area contributed by atoms with Gasteiger partial charge in [-0.05, 0) is 47.0 Å². The molecule has 0 aliphatic carbocycles. The monoisotopic (exact) mass is 326 g/mol. The van der Waals surface area contributed by atoms with Gasteiger partial charge in [0.25, 0.3) is 0 Å². The van der Waals surface area contributed by atoms with E-state index >= 15 is 0 Å². The highest BCUT2D eigenvalue weighted by Crippen LogP contribution is 2.33. The summed E-state index contributed by atoms with van der Waals surface area (Å²) in [6, 6.07) is 9.52. The quantitative estimate of drug-likeness (QED) is 0.794. The van der Waals surface area contributed by atoms with E-state index in [4.69, 9.17) is 16.7 Å². The summed E-state index contributed by atoms with van der Waals surface area (Å²) in [5.74, 6) is -1.14. The molecule has 1 N–H and O–H groups in total. The number of hydrogen-bond acceptors (Lipinski definition) is 1. The summed E-state index contributed by atoms with van der Waals surface area (Å²) in [4.78, 5) is 10.5. The number of rotatable bonds is 3. The van der Waals surface area contributed by atoms with Crippen LogP contribution in [-0.4, -0.2) is 11.1 Å². The van der Waals surface area contributed by atoms with Gasteiger partial charge in [0, 0.05) is 11.1 Å². The number of hydrogen-bond donors (Lipinski definition) is 1. The molecule has 0 bridgehead atoms. The highest BCUT2D eigenvalue weighted by atomic mass is 35.5. The van der Waals surface area contributed by atoms with E-state index in [0.717, 1.165) is 18.2 Å². The lowest BCUT2D eigenvalue weighted by atomic mass is 10.0. The predicted octanol–water partition coefficient (Wildman–Crippen LogP) is 5.12. The molecule has 22 heavy (non-hydrogen) atoms. The van der Waals surface area contributed by atoms with Gasteiger partial charge >= 0.3 is 12.1 Å². The molecule has 0 aliphatic rings. The minimum absolute atomic E-state index is 0.313. The molecule has 2 rings (SSSR count). The van der Waals surface area contributed by atoms with Crippen molar-refractivity contribution in [3.05, 3.63) is 64.7 Å². The van der Waals surface area contributed by atoms with Gasteiger partial charge in [0.2, 0.25) is 0 Å². The van der Waals surface area contributed by atoms with E-state index in [2.05, 4.69) is 0 Å². The number of alkyl halides is 3. The van der Waals surface area contributed by atoms with Crippen LogP contribution in [-0.2, 0) is 11.0 Å². The Morgan fingerprint density at radius 1 is 1.09 bits per heavy atom. The number of benzene rings is 2. The fraction of sp³-hybridized carbons (Fsp3) is 0.0625. The molecule has 2 aromatic rings. The van der Waals surface area contributed by atoms with E-state index in [9.17, 15) is 18.0 Å². The van der Waals surface area contributed by atoms with Crippen LogP contribution in [0.15, 0.2) is 48.5 Å². The molecule has 2 aromatic carbocycles. The van der Waals surface area contributed by atoms with E-state index in [1.165, 1.54) is 24.3 Å². The molecular weight excluding hydrogens is 317 g/mol. The molecule has 0 spiro atoms. The second-order valence-electron chi connectivity index (χ2n) is 4.49. The molecule has 0 heterocycles. The molecule has 0 aromatic heterocycles. The lowest BCUT2D eigenvalue weighted by Gasteiger charge is -2.10. The maximum absolute atomic E-state index is 12.7. The third-order valence-corrected chi connectivity index (χ3v) is 3.27. The van der Waals surface area contributed by atoms with Crippen molar-refractivity contribution in [1.82, 2.24) is 0 Å². The number of carboxylic acid groups (broad SMARTS) is 1. The summed E-state index contributed by atoms with van der Waals surface area (Å²) in [7, 11) is 0. The van der Waals surface area contributed by atoms with Gasteiger partial charge in [-0.3, -0.25) is 0 Å². The molecule has 6 heteroatoms.